The van der Waals surface area contributed by atoms with E-state index in [4.69, 9.17) is 11.6 Å². The molecule has 0 unspecified atom stereocenters. The lowest BCUT2D eigenvalue weighted by atomic mass is 10.2. The lowest BCUT2D eigenvalue weighted by molar-refractivity contribution is 1.65. The Balaban J connectivity index is 2.96. The maximum Gasteiger partial charge on any atom is 0.0438 e. The first-order chi connectivity index (χ1) is 4.84. The lowest BCUT2D eigenvalue weighted by Gasteiger charge is -1.94. The molecule has 0 fully saturated rings. The van der Waals surface area contributed by atoms with Crippen molar-refractivity contribution in [3.8, 4) is 0 Å². The minimum atomic E-state index is 0.695. The summed E-state index contributed by atoms with van der Waals surface area (Å²) in [5, 5.41) is 0.695. The van der Waals surface area contributed by atoms with Crippen molar-refractivity contribution in [1.29, 1.82) is 0 Å². The van der Waals surface area contributed by atoms with E-state index in [-0.39, 0.29) is 0 Å². The van der Waals surface area contributed by atoms with E-state index in [0.717, 1.165) is 5.56 Å². The van der Waals surface area contributed by atoms with Gasteiger partial charge in [-0.3, -0.25) is 0 Å². The van der Waals surface area contributed by atoms with Crippen molar-refractivity contribution >= 4 is 16.6 Å². The molecule has 0 aliphatic carbocycles. The van der Waals surface area contributed by atoms with Gasteiger partial charge in [-0.05, 0) is 12.5 Å². The molecular weight excluding hydrogens is 144 g/mol. The van der Waals surface area contributed by atoms with Crippen LogP contribution >= 0.6 is 11.6 Å². The van der Waals surface area contributed by atoms with Crippen LogP contribution < -0.4 is 0 Å². The van der Waals surface area contributed by atoms with Crippen LogP contribution in [-0.4, -0.2) is 0 Å². The fourth-order valence-corrected chi connectivity index (χ4v) is 0.841. The van der Waals surface area contributed by atoms with E-state index in [9.17, 15) is 0 Å². The number of halogens is 1. The van der Waals surface area contributed by atoms with Crippen LogP contribution in [0.1, 0.15) is 5.56 Å². The Hall–Kier alpha value is -0.750. The summed E-state index contributed by atoms with van der Waals surface area (Å²) < 4.78 is 0. The van der Waals surface area contributed by atoms with Crippen LogP contribution in [0.15, 0.2) is 36.4 Å². The summed E-state index contributed by atoms with van der Waals surface area (Å²) in [5.74, 6) is 0. The Bertz CT molecular complexity index is 224. The summed E-state index contributed by atoms with van der Waals surface area (Å²) in [7, 11) is 0. The fraction of sp³-hybridized carbons (Fsp3) is 0. The minimum Gasteiger partial charge on any atom is -0.0840 e. The average molecular weight is 152 g/mol. The predicted octanol–water partition coefficient (Wildman–Crippen LogP) is 3.10. The molecule has 0 saturated heterocycles. The summed E-state index contributed by atoms with van der Waals surface area (Å²) in [6.45, 7) is 3.57. The van der Waals surface area contributed by atoms with Gasteiger partial charge < -0.3 is 0 Å². The monoisotopic (exact) mass is 151 g/mol. The van der Waals surface area contributed by atoms with Crippen molar-refractivity contribution in [3.05, 3.63) is 48.9 Å². The standard InChI is InChI=1S/C9H8Cl/c1-2-9(10)8-6-4-3-5-7-8/h2-7H,1H2/b9-2+. The van der Waals surface area contributed by atoms with Crippen LogP contribution in [0.2, 0.25) is 0 Å². The lowest BCUT2D eigenvalue weighted by Crippen LogP contribution is -1.72. The largest absolute Gasteiger partial charge is 0.0840 e. The second kappa shape index (κ2) is 3.43. The maximum atomic E-state index is 5.79. The zero-order chi connectivity index (χ0) is 7.40. The first-order valence-electron chi connectivity index (χ1n) is 3.05. The van der Waals surface area contributed by atoms with Crippen LogP contribution in [0.3, 0.4) is 0 Å². The molecule has 1 radical (unpaired) electrons. The van der Waals surface area contributed by atoms with Gasteiger partial charge in [0.25, 0.3) is 0 Å². The minimum absolute atomic E-state index is 0.695. The molecule has 0 aromatic heterocycles. The van der Waals surface area contributed by atoms with Crippen LogP contribution in [0.25, 0.3) is 5.03 Å². The molecule has 0 amide bonds. The summed E-state index contributed by atoms with van der Waals surface area (Å²) >= 11 is 5.79. The first kappa shape index (κ1) is 7.36. The Morgan fingerprint density at radius 2 is 1.90 bits per heavy atom. The Morgan fingerprint density at radius 1 is 1.30 bits per heavy atom. The van der Waals surface area contributed by atoms with E-state index in [1.54, 1.807) is 6.08 Å². The molecular formula is C9H8Cl. The molecule has 0 atom stereocenters. The molecule has 1 aromatic carbocycles. The number of benzene rings is 1. The van der Waals surface area contributed by atoms with E-state index in [1.165, 1.54) is 0 Å². The number of hydrogen-bond donors (Lipinski definition) is 0. The second-order valence-corrected chi connectivity index (χ2v) is 2.33. The van der Waals surface area contributed by atoms with Gasteiger partial charge in [-0.15, -0.1) is 0 Å². The van der Waals surface area contributed by atoms with E-state index in [2.05, 4.69) is 6.92 Å². The number of hydrogen-bond acceptors (Lipinski definition) is 0. The normalized spacial score (nSPS) is 11.6. The third-order valence-corrected chi connectivity index (χ3v) is 1.60. The molecule has 1 rings (SSSR count). The maximum absolute atomic E-state index is 5.79. The number of rotatable bonds is 1. The van der Waals surface area contributed by atoms with E-state index >= 15 is 0 Å². The smallest absolute Gasteiger partial charge is 0.0438 e. The zero-order valence-corrected chi connectivity index (χ0v) is 6.31. The van der Waals surface area contributed by atoms with Crippen molar-refractivity contribution in [2.45, 2.75) is 0 Å². The molecule has 0 aliphatic heterocycles. The molecule has 1 aromatic rings. The van der Waals surface area contributed by atoms with Crippen molar-refractivity contribution in [3.63, 3.8) is 0 Å². The third kappa shape index (κ3) is 1.61. The molecule has 0 N–H and O–H groups in total. The molecule has 10 heavy (non-hydrogen) atoms. The molecule has 1 heteroatoms. The molecule has 0 saturated carbocycles. The zero-order valence-electron chi connectivity index (χ0n) is 5.55. The SMILES string of the molecule is [CH2]/C=C(/Cl)c1ccccc1. The van der Waals surface area contributed by atoms with Gasteiger partial charge in [0.1, 0.15) is 0 Å². The van der Waals surface area contributed by atoms with Gasteiger partial charge in [0.15, 0.2) is 0 Å². The molecule has 0 bridgehead atoms. The number of allylic oxidation sites excluding steroid dienone is 1. The van der Waals surface area contributed by atoms with Crippen molar-refractivity contribution in [2.24, 2.45) is 0 Å². The second-order valence-electron chi connectivity index (χ2n) is 1.92. The van der Waals surface area contributed by atoms with Gasteiger partial charge in [-0.25, -0.2) is 0 Å². The highest BCUT2D eigenvalue weighted by Crippen LogP contribution is 2.16. The van der Waals surface area contributed by atoms with Crippen LogP contribution in [-0.2, 0) is 0 Å². The summed E-state index contributed by atoms with van der Waals surface area (Å²) in [5.41, 5.74) is 1.01. The van der Waals surface area contributed by atoms with Crippen LogP contribution in [0, 0.1) is 6.92 Å². The van der Waals surface area contributed by atoms with Gasteiger partial charge in [-0.1, -0.05) is 48.0 Å². The quantitative estimate of drug-likeness (QED) is 0.579. The predicted molar refractivity (Wildman–Crippen MR) is 45.6 cm³/mol. The van der Waals surface area contributed by atoms with Crippen molar-refractivity contribution in [2.75, 3.05) is 0 Å². The van der Waals surface area contributed by atoms with Gasteiger partial charge >= 0.3 is 0 Å². The molecule has 0 spiro atoms. The highest BCUT2D eigenvalue weighted by atomic mass is 35.5. The molecule has 51 valence electrons. The Kier molecular flexibility index (Phi) is 2.52. The van der Waals surface area contributed by atoms with Crippen molar-refractivity contribution < 1.29 is 0 Å². The summed E-state index contributed by atoms with van der Waals surface area (Å²) in [6, 6.07) is 9.74. The van der Waals surface area contributed by atoms with Gasteiger partial charge in [-0.2, -0.15) is 0 Å². The molecule has 0 aliphatic rings. The summed E-state index contributed by atoms with van der Waals surface area (Å²) in [6.07, 6.45) is 1.64. The van der Waals surface area contributed by atoms with Gasteiger partial charge in [0.2, 0.25) is 0 Å². The first-order valence-corrected chi connectivity index (χ1v) is 3.42. The van der Waals surface area contributed by atoms with Crippen LogP contribution in [0.4, 0.5) is 0 Å². The highest BCUT2D eigenvalue weighted by molar-refractivity contribution is 6.48. The van der Waals surface area contributed by atoms with E-state index in [0.29, 0.717) is 5.03 Å². The summed E-state index contributed by atoms with van der Waals surface area (Å²) in [4.78, 5) is 0. The third-order valence-electron chi connectivity index (χ3n) is 1.23. The fourth-order valence-electron chi connectivity index (χ4n) is 0.715. The van der Waals surface area contributed by atoms with E-state index in [1.807, 2.05) is 30.3 Å². The molecule has 0 nitrogen and oxygen atoms in total. The Morgan fingerprint density at radius 3 is 2.40 bits per heavy atom. The average Bonchev–Trinajstić information content (AvgIpc) is 2.05. The topological polar surface area (TPSA) is 0 Å². The van der Waals surface area contributed by atoms with Gasteiger partial charge in [0, 0.05) is 5.03 Å². The van der Waals surface area contributed by atoms with Gasteiger partial charge in [0.05, 0.1) is 0 Å². The van der Waals surface area contributed by atoms with Crippen LogP contribution in [0.5, 0.6) is 0 Å². The molecule has 0 heterocycles. The Labute approximate surface area is 66.1 Å². The highest BCUT2D eigenvalue weighted by Gasteiger charge is 1.91. The van der Waals surface area contributed by atoms with E-state index < -0.39 is 0 Å². The van der Waals surface area contributed by atoms with Crippen molar-refractivity contribution in [1.82, 2.24) is 0 Å².